The molecule has 0 saturated heterocycles. The van der Waals surface area contributed by atoms with Crippen molar-refractivity contribution in [2.24, 2.45) is 0 Å². The Kier molecular flexibility index (Phi) is 12.7. The molecule has 142 valence electrons. The summed E-state index contributed by atoms with van der Waals surface area (Å²) in [4.78, 5) is 11.9. The van der Waals surface area contributed by atoms with Crippen LogP contribution in [0.15, 0.2) is 24.3 Å². The van der Waals surface area contributed by atoms with Crippen LogP contribution in [0.5, 0.6) is 0 Å². The number of carbonyl (C=O) groups is 1. The second kappa shape index (κ2) is 14.8. The lowest BCUT2D eigenvalue weighted by molar-refractivity contribution is 0.0499. The van der Waals surface area contributed by atoms with Crippen molar-refractivity contribution in [3.05, 3.63) is 29.8 Å². The number of para-hydroxylation sites is 1. The van der Waals surface area contributed by atoms with Gasteiger partial charge in [-0.3, -0.25) is 0 Å². The summed E-state index contributed by atoms with van der Waals surface area (Å²) in [6.45, 7) is 2.76. The average molecular weight is 348 g/mol. The Balaban J connectivity index is 1.86. The van der Waals surface area contributed by atoms with Gasteiger partial charge in [-0.15, -0.1) is 0 Å². The first-order valence-corrected chi connectivity index (χ1v) is 10.3. The molecule has 0 fully saturated rings. The Morgan fingerprint density at radius 3 is 1.80 bits per heavy atom. The summed E-state index contributed by atoms with van der Waals surface area (Å²) < 4.78 is 5.29. The number of anilines is 1. The van der Waals surface area contributed by atoms with Gasteiger partial charge in [0.15, 0.2) is 0 Å². The molecule has 25 heavy (non-hydrogen) atoms. The van der Waals surface area contributed by atoms with E-state index < -0.39 is 0 Å². The van der Waals surface area contributed by atoms with Gasteiger partial charge in [-0.05, 0) is 18.6 Å². The zero-order valence-electron chi connectivity index (χ0n) is 16.1. The van der Waals surface area contributed by atoms with Crippen LogP contribution in [0.1, 0.15) is 101 Å². The van der Waals surface area contributed by atoms with Crippen molar-refractivity contribution < 1.29 is 9.53 Å². The number of rotatable bonds is 15. The number of nitrogen functional groups attached to an aromatic ring is 1. The number of nitrogens with two attached hydrogens (primary N) is 1. The standard InChI is InChI=1S/C22H37NO2/c1-2-3-4-5-6-7-8-9-10-11-12-13-16-19-25-22(24)20-17-14-15-18-21(20)23/h14-15,17-18H,2-13,16,19,23H2,1H3. The maximum Gasteiger partial charge on any atom is 0.340 e. The van der Waals surface area contributed by atoms with Crippen molar-refractivity contribution in [3.63, 3.8) is 0 Å². The van der Waals surface area contributed by atoms with Crippen molar-refractivity contribution in [2.75, 3.05) is 12.3 Å². The first-order chi connectivity index (χ1) is 12.3. The maximum atomic E-state index is 11.9. The number of hydrogen-bond donors (Lipinski definition) is 1. The van der Waals surface area contributed by atoms with Gasteiger partial charge in [-0.2, -0.15) is 0 Å². The van der Waals surface area contributed by atoms with Gasteiger partial charge in [0.2, 0.25) is 0 Å². The molecule has 2 N–H and O–H groups in total. The van der Waals surface area contributed by atoms with Crippen LogP contribution in [0.3, 0.4) is 0 Å². The molecule has 0 amide bonds. The Bertz CT molecular complexity index is 459. The quantitative estimate of drug-likeness (QED) is 0.223. The smallest absolute Gasteiger partial charge is 0.340 e. The zero-order chi connectivity index (χ0) is 18.2. The van der Waals surface area contributed by atoms with Crippen LogP contribution in [0.25, 0.3) is 0 Å². The van der Waals surface area contributed by atoms with Gasteiger partial charge in [-0.25, -0.2) is 4.79 Å². The highest BCUT2D eigenvalue weighted by Crippen LogP contribution is 2.14. The van der Waals surface area contributed by atoms with E-state index in [1.54, 1.807) is 18.2 Å². The number of carbonyl (C=O) groups excluding carboxylic acids is 1. The molecule has 0 bridgehead atoms. The van der Waals surface area contributed by atoms with Gasteiger partial charge in [0.05, 0.1) is 12.2 Å². The molecule has 0 spiro atoms. The van der Waals surface area contributed by atoms with Gasteiger partial charge in [-0.1, -0.05) is 96.1 Å². The normalized spacial score (nSPS) is 10.8. The number of ether oxygens (including phenoxy) is 1. The third-order valence-corrected chi connectivity index (χ3v) is 4.66. The SMILES string of the molecule is CCCCCCCCCCCCCCCOC(=O)c1ccccc1N. The van der Waals surface area contributed by atoms with Crippen molar-refractivity contribution in [3.8, 4) is 0 Å². The fourth-order valence-corrected chi connectivity index (χ4v) is 3.05. The molecule has 3 nitrogen and oxygen atoms in total. The molecule has 1 rings (SSSR count). The molecule has 0 heterocycles. The van der Waals surface area contributed by atoms with E-state index in [-0.39, 0.29) is 5.97 Å². The summed E-state index contributed by atoms with van der Waals surface area (Å²) in [6.07, 6.45) is 17.1. The van der Waals surface area contributed by atoms with E-state index in [0.29, 0.717) is 17.9 Å². The summed E-state index contributed by atoms with van der Waals surface area (Å²) in [5.74, 6) is -0.308. The summed E-state index contributed by atoms with van der Waals surface area (Å²) in [5, 5.41) is 0. The second-order valence-corrected chi connectivity index (χ2v) is 6.97. The van der Waals surface area contributed by atoms with E-state index in [9.17, 15) is 4.79 Å². The molecule has 3 heteroatoms. The van der Waals surface area contributed by atoms with Gasteiger partial charge >= 0.3 is 5.97 Å². The Hall–Kier alpha value is -1.51. The highest BCUT2D eigenvalue weighted by molar-refractivity contribution is 5.94. The number of benzene rings is 1. The van der Waals surface area contributed by atoms with E-state index in [4.69, 9.17) is 10.5 Å². The van der Waals surface area contributed by atoms with Crippen molar-refractivity contribution >= 4 is 11.7 Å². The predicted octanol–water partition coefficient (Wildman–Crippen LogP) is 6.52. The van der Waals surface area contributed by atoms with Crippen LogP contribution in [-0.2, 0) is 4.74 Å². The third-order valence-electron chi connectivity index (χ3n) is 4.66. The van der Waals surface area contributed by atoms with E-state index in [1.165, 1.54) is 70.6 Å². The van der Waals surface area contributed by atoms with Crippen LogP contribution < -0.4 is 5.73 Å². The predicted molar refractivity (Wildman–Crippen MR) is 107 cm³/mol. The Morgan fingerprint density at radius 1 is 0.800 bits per heavy atom. The first-order valence-electron chi connectivity index (χ1n) is 10.3. The molecule has 0 aliphatic rings. The molecule has 0 aliphatic heterocycles. The Morgan fingerprint density at radius 2 is 1.28 bits per heavy atom. The molecule has 0 atom stereocenters. The lowest BCUT2D eigenvalue weighted by Gasteiger charge is -2.07. The first kappa shape index (κ1) is 21.5. The molecule has 0 saturated carbocycles. The fourth-order valence-electron chi connectivity index (χ4n) is 3.05. The molecule has 0 aliphatic carbocycles. The second-order valence-electron chi connectivity index (χ2n) is 6.97. The van der Waals surface area contributed by atoms with Crippen LogP contribution in [0.2, 0.25) is 0 Å². The minimum Gasteiger partial charge on any atom is -0.462 e. The Labute approximate surface area is 154 Å². The van der Waals surface area contributed by atoms with Gasteiger partial charge < -0.3 is 10.5 Å². The highest BCUT2D eigenvalue weighted by Gasteiger charge is 2.09. The van der Waals surface area contributed by atoms with Crippen LogP contribution >= 0.6 is 0 Å². The molecule has 0 unspecified atom stereocenters. The summed E-state index contributed by atoms with van der Waals surface area (Å²) in [6, 6.07) is 7.06. The highest BCUT2D eigenvalue weighted by atomic mass is 16.5. The number of hydrogen-bond acceptors (Lipinski definition) is 3. The molecular weight excluding hydrogens is 310 g/mol. The van der Waals surface area contributed by atoms with Crippen LogP contribution in [-0.4, -0.2) is 12.6 Å². The molecular formula is C22H37NO2. The summed E-state index contributed by atoms with van der Waals surface area (Å²) in [5.41, 5.74) is 6.72. The van der Waals surface area contributed by atoms with E-state index in [2.05, 4.69) is 6.92 Å². The topological polar surface area (TPSA) is 52.3 Å². The number of unbranched alkanes of at least 4 members (excludes halogenated alkanes) is 12. The van der Waals surface area contributed by atoms with Crippen LogP contribution in [0, 0.1) is 0 Å². The lowest BCUT2D eigenvalue weighted by atomic mass is 10.0. The maximum absolute atomic E-state index is 11.9. The number of esters is 1. The molecule has 0 radical (unpaired) electrons. The largest absolute Gasteiger partial charge is 0.462 e. The van der Waals surface area contributed by atoms with Crippen LogP contribution in [0.4, 0.5) is 5.69 Å². The molecule has 0 aromatic heterocycles. The van der Waals surface area contributed by atoms with Gasteiger partial charge in [0, 0.05) is 5.69 Å². The van der Waals surface area contributed by atoms with E-state index >= 15 is 0 Å². The zero-order valence-corrected chi connectivity index (χ0v) is 16.1. The van der Waals surface area contributed by atoms with Crippen molar-refractivity contribution in [2.45, 2.75) is 90.4 Å². The summed E-state index contributed by atoms with van der Waals surface area (Å²) >= 11 is 0. The van der Waals surface area contributed by atoms with Crippen molar-refractivity contribution in [1.29, 1.82) is 0 Å². The lowest BCUT2D eigenvalue weighted by Crippen LogP contribution is -2.09. The van der Waals surface area contributed by atoms with Crippen molar-refractivity contribution in [1.82, 2.24) is 0 Å². The minimum absolute atomic E-state index is 0.308. The molecule has 1 aromatic carbocycles. The van der Waals surface area contributed by atoms with Gasteiger partial charge in [0.1, 0.15) is 0 Å². The average Bonchev–Trinajstić information content (AvgIpc) is 2.62. The fraction of sp³-hybridized carbons (Fsp3) is 0.682. The molecule has 1 aromatic rings. The summed E-state index contributed by atoms with van der Waals surface area (Å²) in [7, 11) is 0. The van der Waals surface area contributed by atoms with E-state index in [0.717, 1.165) is 12.8 Å². The van der Waals surface area contributed by atoms with E-state index in [1.807, 2.05) is 6.07 Å². The minimum atomic E-state index is -0.308. The van der Waals surface area contributed by atoms with Gasteiger partial charge in [0.25, 0.3) is 0 Å². The monoisotopic (exact) mass is 347 g/mol. The third kappa shape index (κ3) is 10.9.